The van der Waals surface area contributed by atoms with Crippen LogP contribution in [0.2, 0.25) is 0 Å². The van der Waals surface area contributed by atoms with E-state index in [1.807, 2.05) is 19.9 Å². The van der Waals surface area contributed by atoms with Gasteiger partial charge in [0.25, 0.3) is 5.91 Å². The van der Waals surface area contributed by atoms with Crippen molar-refractivity contribution in [2.75, 3.05) is 24.5 Å². The first-order valence-electron chi connectivity index (χ1n) is 12.3. The summed E-state index contributed by atoms with van der Waals surface area (Å²) in [6.07, 6.45) is 2.66. The van der Waals surface area contributed by atoms with E-state index in [0.29, 0.717) is 19.6 Å². The molecule has 1 aliphatic rings. The van der Waals surface area contributed by atoms with Crippen molar-refractivity contribution in [3.05, 3.63) is 71.1 Å². The van der Waals surface area contributed by atoms with Crippen LogP contribution < -0.4 is 4.90 Å². The standard InChI is InChI=1S/C26H27F2N5O3S2/c1-17-14-18(2)33(30-17)13-12-32(26-29-24-22(28)15-20(27)16-23(24)37-26)25(34)19-6-8-21(9-7-19)38(35,36)31-10-4-3-5-11-31/h6-9,14-16H,3-5,10-13H2,1-2H3. The van der Waals surface area contributed by atoms with Gasteiger partial charge in [-0.3, -0.25) is 14.4 Å². The fourth-order valence-electron chi connectivity index (χ4n) is 4.62. The molecule has 1 fully saturated rings. The summed E-state index contributed by atoms with van der Waals surface area (Å²) in [5, 5.41) is 4.65. The second-order valence-electron chi connectivity index (χ2n) is 9.33. The quantitative estimate of drug-likeness (QED) is 0.321. The van der Waals surface area contributed by atoms with Crippen LogP contribution in [0, 0.1) is 25.5 Å². The average Bonchev–Trinajstić information content (AvgIpc) is 3.46. The molecule has 3 heterocycles. The highest BCUT2D eigenvalue weighted by Crippen LogP contribution is 2.32. The Kier molecular flexibility index (Phi) is 7.30. The summed E-state index contributed by atoms with van der Waals surface area (Å²) in [6, 6.07) is 9.68. The number of hydrogen-bond acceptors (Lipinski definition) is 6. The smallest absolute Gasteiger partial charge is 0.260 e. The summed E-state index contributed by atoms with van der Waals surface area (Å²) >= 11 is 1.01. The molecule has 0 unspecified atom stereocenters. The van der Waals surface area contributed by atoms with Crippen molar-refractivity contribution in [1.29, 1.82) is 0 Å². The summed E-state index contributed by atoms with van der Waals surface area (Å²) in [7, 11) is -3.64. The number of nitrogens with zero attached hydrogens (tertiary/aromatic N) is 5. The molecule has 200 valence electrons. The fraction of sp³-hybridized carbons (Fsp3) is 0.346. The summed E-state index contributed by atoms with van der Waals surface area (Å²) in [4.78, 5) is 19.5. The maximum atomic E-state index is 14.4. The molecule has 0 radical (unpaired) electrons. The highest BCUT2D eigenvalue weighted by Gasteiger charge is 2.27. The van der Waals surface area contributed by atoms with Crippen LogP contribution in [0.1, 0.15) is 41.0 Å². The molecule has 0 bridgehead atoms. The van der Waals surface area contributed by atoms with Gasteiger partial charge in [-0.25, -0.2) is 22.2 Å². The molecule has 2 aromatic carbocycles. The highest BCUT2D eigenvalue weighted by molar-refractivity contribution is 7.89. The van der Waals surface area contributed by atoms with Crippen LogP contribution in [0.5, 0.6) is 0 Å². The minimum atomic E-state index is -3.64. The number of thiazole rings is 1. The number of anilines is 1. The van der Waals surface area contributed by atoms with Gasteiger partial charge in [0, 0.05) is 37.0 Å². The average molecular weight is 560 g/mol. The minimum Gasteiger partial charge on any atom is -0.282 e. The molecule has 12 heteroatoms. The van der Waals surface area contributed by atoms with Gasteiger partial charge in [0.1, 0.15) is 11.3 Å². The fourth-order valence-corrected chi connectivity index (χ4v) is 7.17. The molecule has 5 rings (SSSR count). The largest absolute Gasteiger partial charge is 0.282 e. The second-order valence-corrected chi connectivity index (χ2v) is 12.3. The Labute approximate surface area is 223 Å². The predicted octanol–water partition coefficient (Wildman–Crippen LogP) is 4.91. The molecule has 0 saturated carbocycles. The first kappa shape index (κ1) is 26.4. The van der Waals surface area contributed by atoms with Crippen molar-refractivity contribution < 1.29 is 22.0 Å². The zero-order valence-electron chi connectivity index (χ0n) is 21.0. The number of carbonyl (C=O) groups excluding carboxylic acids is 1. The van der Waals surface area contributed by atoms with Gasteiger partial charge < -0.3 is 0 Å². The first-order chi connectivity index (χ1) is 18.1. The molecule has 4 aromatic rings. The van der Waals surface area contributed by atoms with Crippen molar-refractivity contribution in [3.8, 4) is 0 Å². The second kappa shape index (κ2) is 10.5. The lowest BCUT2D eigenvalue weighted by molar-refractivity contribution is 0.0985. The normalized spacial score (nSPS) is 14.7. The van der Waals surface area contributed by atoms with Crippen LogP contribution in [0.4, 0.5) is 13.9 Å². The number of sulfonamides is 1. The van der Waals surface area contributed by atoms with Crippen LogP contribution >= 0.6 is 11.3 Å². The van der Waals surface area contributed by atoms with E-state index in [1.54, 1.807) is 4.68 Å². The van der Waals surface area contributed by atoms with Gasteiger partial charge in [-0.2, -0.15) is 9.40 Å². The molecule has 1 amide bonds. The monoisotopic (exact) mass is 559 g/mol. The Morgan fingerprint density at radius 1 is 1.05 bits per heavy atom. The Morgan fingerprint density at radius 3 is 2.42 bits per heavy atom. The third-order valence-corrected chi connectivity index (χ3v) is 9.51. The van der Waals surface area contributed by atoms with Crippen molar-refractivity contribution >= 4 is 42.6 Å². The molecule has 0 spiro atoms. The summed E-state index contributed by atoms with van der Waals surface area (Å²) in [6.45, 7) is 5.26. The Bertz CT molecular complexity index is 1590. The summed E-state index contributed by atoms with van der Waals surface area (Å²) in [5.41, 5.74) is 1.99. The highest BCUT2D eigenvalue weighted by atomic mass is 32.2. The van der Waals surface area contributed by atoms with E-state index < -0.39 is 27.6 Å². The van der Waals surface area contributed by atoms with E-state index in [-0.39, 0.29) is 32.4 Å². The lowest BCUT2D eigenvalue weighted by Gasteiger charge is -2.26. The van der Waals surface area contributed by atoms with E-state index in [1.165, 1.54) is 39.5 Å². The maximum Gasteiger partial charge on any atom is 0.260 e. The van der Waals surface area contributed by atoms with Crippen molar-refractivity contribution in [2.45, 2.75) is 44.6 Å². The number of aromatic nitrogens is 3. The van der Waals surface area contributed by atoms with Crippen LogP contribution in [0.15, 0.2) is 47.4 Å². The zero-order chi connectivity index (χ0) is 27.0. The molecule has 0 aliphatic carbocycles. The first-order valence-corrected chi connectivity index (χ1v) is 14.6. The lowest BCUT2D eigenvalue weighted by Crippen LogP contribution is -2.36. The molecule has 8 nitrogen and oxygen atoms in total. The maximum absolute atomic E-state index is 14.4. The number of rotatable bonds is 7. The number of amides is 1. The number of piperidine rings is 1. The molecular formula is C26H27F2N5O3S2. The third-order valence-electron chi connectivity index (χ3n) is 6.57. The molecular weight excluding hydrogens is 532 g/mol. The SMILES string of the molecule is Cc1cc(C)n(CCN(C(=O)c2ccc(S(=O)(=O)N3CCCCC3)cc2)c2nc3c(F)cc(F)cc3s2)n1. The Hall–Kier alpha value is -3.22. The minimum absolute atomic E-state index is 0.0155. The van der Waals surface area contributed by atoms with E-state index in [4.69, 9.17) is 0 Å². The number of fused-ring (bicyclic) bond motifs is 1. The molecule has 0 atom stereocenters. The number of benzene rings is 2. The van der Waals surface area contributed by atoms with Crippen LogP contribution in [-0.2, 0) is 16.6 Å². The van der Waals surface area contributed by atoms with Gasteiger partial charge in [0.15, 0.2) is 10.9 Å². The van der Waals surface area contributed by atoms with Gasteiger partial charge >= 0.3 is 0 Å². The van der Waals surface area contributed by atoms with Crippen LogP contribution in [-0.4, -0.2) is 53.0 Å². The predicted molar refractivity (Wildman–Crippen MR) is 142 cm³/mol. The number of carbonyl (C=O) groups is 1. The zero-order valence-corrected chi connectivity index (χ0v) is 22.7. The topological polar surface area (TPSA) is 88.4 Å². The van der Waals surface area contributed by atoms with Crippen molar-refractivity contribution in [1.82, 2.24) is 19.1 Å². The number of hydrogen-bond donors (Lipinski definition) is 0. The van der Waals surface area contributed by atoms with Crippen LogP contribution in [0.25, 0.3) is 10.2 Å². The summed E-state index contributed by atoms with van der Waals surface area (Å²) in [5.74, 6) is -1.97. The lowest BCUT2D eigenvalue weighted by atomic mass is 10.2. The third kappa shape index (κ3) is 5.20. The molecule has 1 aliphatic heterocycles. The number of halogens is 2. The van der Waals surface area contributed by atoms with E-state index >= 15 is 0 Å². The molecule has 38 heavy (non-hydrogen) atoms. The van der Waals surface area contributed by atoms with E-state index in [2.05, 4.69) is 10.1 Å². The Morgan fingerprint density at radius 2 is 1.76 bits per heavy atom. The Balaban J connectivity index is 1.46. The number of aryl methyl sites for hydroxylation is 2. The molecule has 1 saturated heterocycles. The van der Waals surface area contributed by atoms with Gasteiger partial charge in [0.2, 0.25) is 10.0 Å². The van der Waals surface area contributed by atoms with Gasteiger partial charge in [-0.15, -0.1) is 0 Å². The van der Waals surface area contributed by atoms with Crippen molar-refractivity contribution in [2.24, 2.45) is 0 Å². The molecule has 2 aromatic heterocycles. The van der Waals surface area contributed by atoms with E-state index in [0.717, 1.165) is 48.1 Å². The van der Waals surface area contributed by atoms with Gasteiger partial charge in [-0.1, -0.05) is 17.8 Å². The van der Waals surface area contributed by atoms with E-state index in [9.17, 15) is 22.0 Å². The molecule has 0 N–H and O–H groups in total. The van der Waals surface area contributed by atoms with Gasteiger partial charge in [-0.05, 0) is 63.1 Å². The van der Waals surface area contributed by atoms with Gasteiger partial charge in [0.05, 0.1) is 21.8 Å². The van der Waals surface area contributed by atoms with Crippen molar-refractivity contribution in [3.63, 3.8) is 0 Å². The van der Waals surface area contributed by atoms with Crippen LogP contribution in [0.3, 0.4) is 0 Å². The summed E-state index contributed by atoms with van der Waals surface area (Å²) < 4.78 is 57.8.